The molecule has 0 bridgehead atoms. The standard InChI is InChI=1S/C22H24N2O5/c1-4-28-21(27)22-11-15(22)19(22)13(3)16(25)7-5-12(2)29-17-9-10-23-20-14(17)6-8-18(26)24-20/h5,7,9-10,15,19,25H,3-4,6,8,11H2,1-2H3,(H,23,24,26)/b12-5+,16-7+/t15-,19+,22-/m0/s1. The van der Waals surface area contributed by atoms with Crippen LogP contribution in [-0.4, -0.2) is 28.6 Å². The number of esters is 1. The largest absolute Gasteiger partial charge is 0.508 e. The van der Waals surface area contributed by atoms with Gasteiger partial charge in [-0.3, -0.25) is 9.59 Å². The van der Waals surface area contributed by atoms with Crippen LogP contribution in [0.15, 0.2) is 48.1 Å². The predicted octanol–water partition coefficient (Wildman–Crippen LogP) is 3.45. The first kappa shape index (κ1) is 19.2. The molecule has 3 aliphatic rings. The minimum absolute atomic E-state index is 0.0387. The van der Waals surface area contributed by atoms with Crippen LogP contribution in [0.25, 0.3) is 0 Å². The molecule has 1 aromatic heterocycles. The Morgan fingerprint density at radius 3 is 2.97 bits per heavy atom. The number of fused-ring (bicyclic) bond motifs is 2. The zero-order chi connectivity index (χ0) is 20.8. The van der Waals surface area contributed by atoms with Gasteiger partial charge in [0.1, 0.15) is 23.1 Å². The van der Waals surface area contributed by atoms with E-state index in [9.17, 15) is 14.7 Å². The fourth-order valence-electron chi connectivity index (χ4n) is 4.11. The number of rotatable bonds is 7. The molecule has 2 aliphatic carbocycles. The Bertz CT molecular complexity index is 964. The number of nitrogens with zero attached hydrogens (tertiary/aromatic N) is 1. The molecule has 0 saturated heterocycles. The first-order valence-corrected chi connectivity index (χ1v) is 9.78. The number of aromatic nitrogens is 1. The lowest BCUT2D eigenvalue weighted by Gasteiger charge is -2.18. The zero-order valence-electron chi connectivity index (χ0n) is 16.5. The van der Waals surface area contributed by atoms with E-state index in [-0.39, 0.29) is 29.5 Å². The number of allylic oxidation sites excluding steroid dienone is 4. The van der Waals surface area contributed by atoms with Crippen molar-refractivity contribution in [3.05, 3.63) is 53.6 Å². The van der Waals surface area contributed by atoms with Crippen LogP contribution in [-0.2, 0) is 20.7 Å². The second-order valence-electron chi connectivity index (χ2n) is 7.69. The van der Waals surface area contributed by atoms with Gasteiger partial charge in [0, 0.05) is 24.1 Å². The number of aliphatic hydroxyl groups excluding tert-OH is 1. The number of nitrogens with one attached hydrogen (secondary N) is 1. The predicted molar refractivity (Wildman–Crippen MR) is 106 cm³/mol. The fourth-order valence-corrected chi connectivity index (χ4v) is 4.11. The molecule has 3 atom stereocenters. The van der Waals surface area contributed by atoms with Crippen molar-refractivity contribution in [2.24, 2.45) is 17.3 Å². The van der Waals surface area contributed by atoms with Gasteiger partial charge in [-0.1, -0.05) is 6.58 Å². The number of carbonyl (C=O) groups excluding carboxylic acids is 2. The van der Waals surface area contributed by atoms with Gasteiger partial charge >= 0.3 is 5.97 Å². The van der Waals surface area contributed by atoms with E-state index >= 15 is 0 Å². The van der Waals surface area contributed by atoms with E-state index in [4.69, 9.17) is 9.47 Å². The monoisotopic (exact) mass is 396 g/mol. The topological polar surface area (TPSA) is 97.8 Å². The third-order valence-electron chi connectivity index (χ3n) is 5.89. The highest BCUT2D eigenvalue weighted by molar-refractivity contribution is 5.93. The van der Waals surface area contributed by atoms with Crippen molar-refractivity contribution >= 4 is 17.7 Å². The molecule has 2 saturated carbocycles. The van der Waals surface area contributed by atoms with Gasteiger partial charge in [-0.2, -0.15) is 0 Å². The first-order valence-electron chi connectivity index (χ1n) is 9.78. The van der Waals surface area contributed by atoms with Crippen molar-refractivity contribution in [3.8, 4) is 5.75 Å². The third-order valence-corrected chi connectivity index (χ3v) is 5.89. The number of amides is 1. The van der Waals surface area contributed by atoms with E-state index in [1.807, 2.05) is 0 Å². The van der Waals surface area contributed by atoms with Crippen LogP contribution in [0.2, 0.25) is 0 Å². The summed E-state index contributed by atoms with van der Waals surface area (Å²) in [6, 6.07) is 1.75. The van der Waals surface area contributed by atoms with Gasteiger partial charge in [0.25, 0.3) is 0 Å². The Kier molecular flexibility index (Phi) is 4.68. The maximum atomic E-state index is 12.1. The average Bonchev–Trinajstić information content (AvgIpc) is 3.56. The summed E-state index contributed by atoms with van der Waals surface area (Å²) in [7, 11) is 0. The molecule has 0 unspecified atom stereocenters. The highest BCUT2D eigenvalue weighted by Crippen LogP contribution is 2.82. The number of aliphatic hydroxyl groups is 1. The molecule has 1 aliphatic heterocycles. The summed E-state index contributed by atoms with van der Waals surface area (Å²) < 4.78 is 11.0. The van der Waals surface area contributed by atoms with Crippen molar-refractivity contribution in [1.82, 2.24) is 4.98 Å². The summed E-state index contributed by atoms with van der Waals surface area (Å²) in [5.41, 5.74) is 0.958. The molecule has 2 N–H and O–H groups in total. The van der Waals surface area contributed by atoms with Crippen LogP contribution in [0.1, 0.15) is 32.3 Å². The molecule has 2 fully saturated rings. The number of pyridine rings is 1. The lowest BCUT2D eigenvalue weighted by atomic mass is 9.96. The number of hydrogen-bond donors (Lipinski definition) is 2. The summed E-state index contributed by atoms with van der Waals surface area (Å²) in [6.45, 7) is 7.89. The summed E-state index contributed by atoms with van der Waals surface area (Å²) in [6.07, 6.45) is 6.53. The SMILES string of the molecule is C=C(/C(O)=C\C=C(/C)Oc1ccnc2c1CCC(=O)N2)[C@@H]1[C@@H]2C[C@@]12C(=O)OCC. The molecular formula is C22H24N2O5. The van der Waals surface area contributed by atoms with E-state index in [0.29, 0.717) is 42.3 Å². The van der Waals surface area contributed by atoms with Crippen LogP contribution in [0.4, 0.5) is 5.82 Å². The third kappa shape index (κ3) is 3.30. The van der Waals surface area contributed by atoms with Gasteiger partial charge in [-0.15, -0.1) is 0 Å². The molecule has 0 aromatic carbocycles. The number of ether oxygens (including phenoxy) is 2. The van der Waals surface area contributed by atoms with Gasteiger partial charge in [-0.25, -0.2) is 4.98 Å². The number of anilines is 1. The van der Waals surface area contributed by atoms with E-state index in [2.05, 4.69) is 16.9 Å². The van der Waals surface area contributed by atoms with Crippen LogP contribution in [0, 0.1) is 17.3 Å². The smallest absolute Gasteiger partial charge is 0.313 e. The quantitative estimate of drug-likeness (QED) is 0.416. The van der Waals surface area contributed by atoms with Crippen molar-refractivity contribution in [1.29, 1.82) is 0 Å². The van der Waals surface area contributed by atoms with Gasteiger partial charge in [0.15, 0.2) is 0 Å². The maximum absolute atomic E-state index is 12.1. The zero-order valence-corrected chi connectivity index (χ0v) is 16.5. The van der Waals surface area contributed by atoms with Gasteiger partial charge in [0.2, 0.25) is 5.91 Å². The number of carbonyl (C=O) groups is 2. The molecule has 7 nitrogen and oxygen atoms in total. The van der Waals surface area contributed by atoms with Crippen LogP contribution in [0.3, 0.4) is 0 Å². The summed E-state index contributed by atoms with van der Waals surface area (Å²) in [4.78, 5) is 27.8. The van der Waals surface area contributed by atoms with Crippen LogP contribution in [0.5, 0.6) is 5.75 Å². The molecule has 1 amide bonds. The Morgan fingerprint density at radius 2 is 2.24 bits per heavy atom. The lowest BCUT2D eigenvalue weighted by molar-refractivity contribution is -0.147. The van der Waals surface area contributed by atoms with Gasteiger partial charge in [-0.05, 0) is 56.4 Å². The minimum Gasteiger partial charge on any atom is -0.508 e. The van der Waals surface area contributed by atoms with Crippen molar-refractivity contribution in [3.63, 3.8) is 0 Å². The van der Waals surface area contributed by atoms with Crippen molar-refractivity contribution in [2.75, 3.05) is 11.9 Å². The molecule has 29 heavy (non-hydrogen) atoms. The Labute approximate surface area is 169 Å². The molecular weight excluding hydrogens is 372 g/mol. The van der Waals surface area contributed by atoms with Gasteiger partial charge < -0.3 is 19.9 Å². The molecule has 7 heteroatoms. The Hall–Kier alpha value is -3.09. The second-order valence-corrected chi connectivity index (χ2v) is 7.69. The molecule has 0 radical (unpaired) electrons. The van der Waals surface area contributed by atoms with E-state index in [1.165, 1.54) is 6.08 Å². The molecule has 0 spiro atoms. The molecule has 4 rings (SSSR count). The summed E-state index contributed by atoms with van der Waals surface area (Å²) in [5, 5.41) is 13.1. The fraction of sp³-hybridized carbons (Fsp3) is 0.409. The van der Waals surface area contributed by atoms with Crippen molar-refractivity contribution < 1.29 is 24.2 Å². The second kappa shape index (κ2) is 7.06. The summed E-state index contributed by atoms with van der Waals surface area (Å²) >= 11 is 0. The minimum atomic E-state index is -0.454. The van der Waals surface area contributed by atoms with E-state index < -0.39 is 5.41 Å². The van der Waals surface area contributed by atoms with E-state index in [0.717, 1.165) is 12.0 Å². The highest BCUT2D eigenvalue weighted by atomic mass is 16.5. The molecule has 1 aromatic rings. The lowest BCUT2D eigenvalue weighted by Crippen LogP contribution is -2.20. The average molecular weight is 396 g/mol. The molecule has 2 heterocycles. The maximum Gasteiger partial charge on any atom is 0.313 e. The van der Waals surface area contributed by atoms with Crippen LogP contribution < -0.4 is 10.1 Å². The Balaban J connectivity index is 1.41. The summed E-state index contributed by atoms with van der Waals surface area (Å²) in [5.74, 6) is 1.71. The number of hydrogen-bond acceptors (Lipinski definition) is 6. The molecule has 152 valence electrons. The Morgan fingerprint density at radius 1 is 1.45 bits per heavy atom. The highest BCUT2D eigenvalue weighted by Gasteiger charge is 2.84. The van der Waals surface area contributed by atoms with Crippen LogP contribution >= 0.6 is 0 Å². The van der Waals surface area contributed by atoms with Crippen molar-refractivity contribution in [2.45, 2.75) is 33.1 Å². The first-order chi connectivity index (χ1) is 13.9. The van der Waals surface area contributed by atoms with E-state index in [1.54, 1.807) is 32.2 Å². The normalized spacial score (nSPS) is 27.3. The van der Waals surface area contributed by atoms with Gasteiger partial charge in [0.05, 0.1) is 12.0 Å².